The molecule has 0 bridgehead atoms. The van der Waals surface area contributed by atoms with Gasteiger partial charge in [-0.05, 0) is 43.9 Å². The van der Waals surface area contributed by atoms with Crippen LogP contribution in [0.4, 0.5) is 13.2 Å². The summed E-state index contributed by atoms with van der Waals surface area (Å²) in [5.74, 6) is -0.939. The fraction of sp³-hybridized carbons (Fsp3) is 0.280. The Labute approximate surface area is 236 Å². The van der Waals surface area contributed by atoms with Gasteiger partial charge in [-0.3, -0.25) is 23.3 Å². The monoisotopic (exact) mass is 601 g/mol. The lowest BCUT2D eigenvalue weighted by molar-refractivity contribution is -0.274. The van der Waals surface area contributed by atoms with Gasteiger partial charge in [-0.25, -0.2) is 4.79 Å². The Morgan fingerprint density at radius 3 is 2.33 bits per heavy atom. The summed E-state index contributed by atoms with van der Waals surface area (Å²) in [6.07, 6.45) is -4.91. The molecule has 0 unspecified atom stereocenters. The number of benzene rings is 2. The molecule has 10 nitrogen and oxygen atoms in total. The normalized spacial score (nSPS) is 11.5. The van der Waals surface area contributed by atoms with Crippen molar-refractivity contribution in [1.82, 2.24) is 23.6 Å². The van der Waals surface area contributed by atoms with E-state index in [1.165, 1.54) is 23.7 Å². The highest BCUT2D eigenvalue weighted by atomic mass is 35.5. The SMILES string of the molecule is CN(C)CC(=O)Cn1c(=O)c2c(nc(Oc3cccc(OC(F)(F)F)c3)n2Cc2ccc(Cl)cc2)n(C)c1=O.Cl. The predicted molar refractivity (Wildman–Crippen MR) is 144 cm³/mol. The molecule has 0 N–H and O–H groups in total. The summed E-state index contributed by atoms with van der Waals surface area (Å²) in [7, 11) is 4.75. The first-order valence-corrected chi connectivity index (χ1v) is 11.8. The number of aromatic nitrogens is 4. The van der Waals surface area contributed by atoms with Crippen molar-refractivity contribution in [3.63, 3.8) is 0 Å². The second kappa shape index (κ2) is 12.1. The molecule has 0 spiro atoms. The van der Waals surface area contributed by atoms with Crippen LogP contribution >= 0.6 is 24.0 Å². The lowest BCUT2D eigenvalue weighted by Crippen LogP contribution is -2.42. The zero-order chi connectivity index (χ0) is 28.5. The molecule has 2 aromatic heterocycles. The molecule has 214 valence electrons. The first-order chi connectivity index (χ1) is 18.3. The minimum Gasteiger partial charge on any atom is -0.425 e. The third kappa shape index (κ3) is 7.03. The predicted octanol–water partition coefficient (Wildman–Crippen LogP) is 3.84. The van der Waals surface area contributed by atoms with E-state index in [1.54, 1.807) is 43.3 Å². The number of Topliss-reactive ketones (excluding diaryl/α,β-unsaturated/α-hetero) is 1. The Bertz CT molecular complexity index is 1650. The number of nitrogens with zero attached hydrogens (tertiary/aromatic N) is 5. The van der Waals surface area contributed by atoms with Gasteiger partial charge >= 0.3 is 18.1 Å². The van der Waals surface area contributed by atoms with Crippen LogP contribution in [0.2, 0.25) is 5.02 Å². The highest BCUT2D eigenvalue weighted by Gasteiger charge is 2.31. The van der Waals surface area contributed by atoms with Gasteiger partial charge in [0.05, 0.1) is 19.6 Å². The van der Waals surface area contributed by atoms with Gasteiger partial charge in [0, 0.05) is 18.1 Å². The molecular weight excluding hydrogens is 578 g/mol. The molecule has 2 aromatic carbocycles. The molecule has 0 atom stereocenters. The first kappa shape index (κ1) is 30.7. The maximum atomic E-state index is 13.6. The summed E-state index contributed by atoms with van der Waals surface area (Å²) in [5, 5.41) is 0.483. The molecule has 0 aliphatic carbocycles. The maximum absolute atomic E-state index is 13.6. The quantitative estimate of drug-likeness (QED) is 0.287. The van der Waals surface area contributed by atoms with Crippen molar-refractivity contribution in [2.45, 2.75) is 19.5 Å². The average Bonchev–Trinajstić information content (AvgIpc) is 3.18. The molecule has 0 radical (unpaired) electrons. The number of ketones is 1. The van der Waals surface area contributed by atoms with E-state index in [0.29, 0.717) is 10.6 Å². The Balaban J connectivity index is 0.00000441. The molecule has 0 aliphatic rings. The number of rotatable bonds is 9. The fourth-order valence-electron chi connectivity index (χ4n) is 3.91. The van der Waals surface area contributed by atoms with E-state index in [2.05, 4.69) is 9.72 Å². The summed E-state index contributed by atoms with van der Waals surface area (Å²) < 4.78 is 51.2. The number of hydrogen-bond donors (Lipinski definition) is 0. The van der Waals surface area contributed by atoms with E-state index in [1.807, 2.05) is 0 Å². The minimum atomic E-state index is -4.91. The summed E-state index contributed by atoms with van der Waals surface area (Å²) in [6.45, 7) is -0.415. The Morgan fingerprint density at radius 2 is 1.70 bits per heavy atom. The molecule has 15 heteroatoms. The standard InChI is InChI=1S/C25H23ClF3N5O5.ClH/c1-31(2)13-17(35)14-34-22(36)20-21(32(3)24(34)37)30-23(33(20)12-15-7-9-16(26)10-8-15)38-18-5-4-6-19(11-18)39-25(27,28)29;/h4-11H,12-14H2,1-3H3;1H. The van der Waals surface area contributed by atoms with Crippen LogP contribution in [0.1, 0.15) is 5.56 Å². The summed E-state index contributed by atoms with van der Waals surface area (Å²) in [4.78, 5) is 45.0. The average molecular weight is 602 g/mol. The Kier molecular flexibility index (Phi) is 9.33. The fourth-order valence-corrected chi connectivity index (χ4v) is 4.03. The molecule has 4 rings (SSSR count). The lowest BCUT2D eigenvalue weighted by atomic mass is 10.2. The number of carbonyl (C=O) groups excluding carboxylic acids is 1. The molecular formula is C25H24Cl2F3N5O5. The number of carbonyl (C=O) groups is 1. The minimum absolute atomic E-state index is 0. The third-order valence-electron chi connectivity index (χ3n) is 5.53. The number of hydrogen-bond acceptors (Lipinski definition) is 7. The van der Waals surface area contributed by atoms with E-state index >= 15 is 0 Å². The van der Waals surface area contributed by atoms with Gasteiger partial charge in [-0.15, -0.1) is 25.6 Å². The molecule has 40 heavy (non-hydrogen) atoms. The second-order valence-electron chi connectivity index (χ2n) is 8.91. The third-order valence-corrected chi connectivity index (χ3v) is 5.78. The van der Waals surface area contributed by atoms with Gasteiger partial charge in [0.1, 0.15) is 11.5 Å². The zero-order valence-corrected chi connectivity index (χ0v) is 23.0. The van der Waals surface area contributed by atoms with Crippen LogP contribution in [-0.4, -0.2) is 56.4 Å². The highest BCUT2D eigenvalue weighted by Crippen LogP contribution is 2.30. The zero-order valence-electron chi connectivity index (χ0n) is 21.4. The van der Waals surface area contributed by atoms with Gasteiger partial charge in [0.15, 0.2) is 16.9 Å². The number of aryl methyl sites for hydroxylation is 1. The van der Waals surface area contributed by atoms with E-state index in [-0.39, 0.29) is 54.2 Å². The Morgan fingerprint density at radius 1 is 1.05 bits per heavy atom. The van der Waals surface area contributed by atoms with Gasteiger partial charge in [-0.2, -0.15) is 4.98 Å². The van der Waals surface area contributed by atoms with Crippen LogP contribution in [0, 0.1) is 0 Å². The second-order valence-corrected chi connectivity index (χ2v) is 9.35. The van der Waals surface area contributed by atoms with Gasteiger partial charge in [-0.1, -0.05) is 29.8 Å². The lowest BCUT2D eigenvalue weighted by Gasteiger charge is -2.13. The van der Waals surface area contributed by atoms with Crippen molar-refractivity contribution in [3.05, 3.63) is 80.0 Å². The number of ether oxygens (including phenoxy) is 2. The number of alkyl halides is 3. The summed E-state index contributed by atoms with van der Waals surface area (Å²) in [5.41, 5.74) is -0.926. The number of fused-ring (bicyclic) bond motifs is 1. The van der Waals surface area contributed by atoms with Crippen LogP contribution < -0.4 is 20.7 Å². The molecule has 0 saturated heterocycles. The number of imidazole rings is 1. The number of halogens is 5. The largest absolute Gasteiger partial charge is 0.573 e. The van der Waals surface area contributed by atoms with Crippen LogP contribution in [0.3, 0.4) is 0 Å². The van der Waals surface area contributed by atoms with Gasteiger partial charge in [0.25, 0.3) is 5.56 Å². The van der Waals surface area contributed by atoms with Crippen molar-refractivity contribution in [2.24, 2.45) is 7.05 Å². The van der Waals surface area contributed by atoms with Crippen molar-refractivity contribution in [2.75, 3.05) is 20.6 Å². The van der Waals surface area contributed by atoms with E-state index in [0.717, 1.165) is 21.3 Å². The van der Waals surface area contributed by atoms with Crippen LogP contribution in [0.15, 0.2) is 58.1 Å². The van der Waals surface area contributed by atoms with Gasteiger partial charge < -0.3 is 14.4 Å². The maximum Gasteiger partial charge on any atom is 0.573 e. The Hall–Kier alpha value is -3.81. The van der Waals surface area contributed by atoms with Crippen LogP contribution in [0.25, 0.3) is 11.2 Å². The topological polar surface area (TPSA) is 101 Å². The molecule has 2 heterocycles. The smallest absolute Gasteiger partial charge is 0.425 e. The summed E-state index contributed by atoms with van der Waals surface area (Å²) in [6, 6.07) is 11.3. The molecule has 4 aromatic rings. The highest BCUT2D eigenvalue weighted by molar-refractivity contribution is 6.30. The van der Waals surface area contributed by atoms with E-state index in [9.17, 15) is 27.6 Å². The van der Waals surface area contributed by atoms with Gasteiger partial charge in [0.2, 0.25) is 0 Å². The van der Waals surface area contributed by atoms with Crippen molar-refractivity contribution >= 4 is 41.0 Å². The molecule has 0 aliphatic heterocycles. The van der Waals surface area contributed by atoms with Crippen LogP contribution in [-0.2, 0) is 24.9 Å². The molecule has 0 saturated carbocycles. The number of likely N-dealkylation sites (N-methyl/N-ethyl adjacent to an activating group) is 1. The molecule has 0 amide bonds. The molecule has 0 fully saturated rings. The summed E-state index contributed by atoms with van der Waals surface area (Å²) >= 11 is 5.99. The van der Waals surface area contributed by atoms with Crippen molar-refractivity contribution < 1.29 is 27.4 Å². The van der Waals surface area contributed by atoms with E-state index < -0.39 is 29.9 Å². The van der Waals surface area contributed by atoms with Crippen molar-refractivity contribution in [1.29, 1.82) is 0 Å². The van der Waals surface area contributed by atoms with Crippen LogP contribution in [0.5, 0.6) is 17.5 Å². The van der Waals surface area contributed by atoms with Crippen molar-refractivity contribution in [3.8, 4) is 17.5 Å². The van der Waals surface area contributed by atoms with E-state index in [4.69, 9.17) is 16.3 Å². The first-order valence-electron chi connectivity index (χ1n) is 11.5.